The van der Waals surface area contributed by atoms with Gasteiger partial charge in [0.1, 0.15) is 0 Å². The molecule has 0 rings (SSSR count). The first-order valence-electron chi connectivity index (χ1n) is 3.02. The maximum atomic E-state index is 5.00. The maximum absolute atomic E-state index is 5.00. The largest absolute Gasteiger partial charge is 0.343 e. The summed E-state index contributed by atoms with van der Waals surface area (Å²) in [7, 11) is 0. The summed E-state index contributed by atoms with van der Waals surface area (Å²) in [6, 6.07) is 2.88. The molecule has 1 unspecified atom stereocenters. The SMILES string of the molecule is C#CNC(C)CCC. The lowest BCUT2D eigenvalue weighted by Gasteiger charge is -2.05. The van der Waals surface area contributed by atoms with Crippen LogP contribution in [0.25, 0.3) is 0 Å². The number of nitrogens with one attached hydrogen (secondary N) is 1. The highest BCUT2D eigenvalue weighted by atomic mass is 14.9. The van der Waals surface area contributed by atoms with Crippen LogP contribution in [0.1, 0.15) is 26.7 Å². The van der Waals surface area contributed by atoms with Gasteiger partial charge in [-0.2, -0.15) is 0 Å². The van der Waals surface area contributed by atoms with Crippen LogP contribution in [-0.4, -0.2) is 6.04 Å². The quantitative estimate of drug-likeness (QED) is 0.428. The second-order valence-electron chi connectivity index (χ2n) is 1.98. The molecule has 0 fully saturated rings. The molecule has 1 nitrogen and oxygen atoms in total. The van der Waals surface area contributed by atoms with Crippen LogP contribution in [0.5, 0.6) is 0 Å². The Morgan fingerprint density at radius 3 is 2.75 bits per heavy atom. The summed E-state index contributed by atoms with van der Waals surface area (Å²) in [4.78, 5) is 0. The van der Waals surface area contributed by atoms with E-state index >= 15 is 0 Å². The summed E-state index contributed by atoms with van der Waals surface area (Å²) in [5.74, 6) is 0. The Morgan fingerprint density at radius 2 is 2.38 bits per heavy atom. The van der Waals surface area contributed by atoms with Crippen molar-refractivity contribution in [1.29, 1.82) is 0 Å². The average molecular weight is 111 g/mol. The molecule has 1 heteroatoms. The Morgan fingerprint density at radius 1 is 1.75 bits per heavy atom. The van der Waals surface area contributed by atoms with Crippen LogP contribution in [0.2, 0.25) is 0 Å². The molecule has 8 heavy (non-hydrogen) atoms. The van der Waals surface area contributed by atoms with Crippen molar-refractivity contribution in [2.24, 2.45) is 0 Å². The molecule has 0 aromatic rings. The van der Waals surface area contributed by atoms with Gasteiger partial charge in [-0.1, -0.05) is 19.8 Å². The van der Waals surface area contributed by atoms with Gasteiger partial charge in [-0.15, -0.1) is 0 Å². The van der Waals surface area contributed by atoms with Gasteiger partial charge in [-0.25, -0.2) is 0 Å². The van der Waals surface area contributed by atoms with E-state index in [4.69, 9.17) is 6.42 Å². The van der Waals surface area contributed by atoms with E-state index < -0.39 is 0 Å². The fourth-order valence-corrected chi connectivity index (χ4v) is 0.647. The van der Waals surface area contributed by atoms with Crippen molar-refractivity contribution < 1.29 is 0 Å². The lowest BCUT2D eigenvalue weighted by atomic mass is 10.2. The number of rotatable bonds is 3. The van der Waals surface area contributed by atoms with Gasteiger partial charge in [-0.3, -0.25) is 0 Å². The van der Waals surface area contributed by atoms with Gasteiger partial charge in [0.15, 0.2) is 0 Å². The zero-order valence-electron chi connectivity index (χ0n) is 5.57. The van der Waals surface area contributed by atoms with Crippen LogP contribution in [0.4, 0.5) is 0 Å². The Bertz CT molecular complexity index is 80.9. The van der Waals surface area contributed by atoms with Gasteiger partial charge < -0.3 is 5.32 Å². The third kappa shape index (κ3) is 3.55. The van der Waals surface area contributed by atoms with Crippen LogP contribution in [0.3, 0.4) is 0 Å². The first-order valence-corrected chi connectivity index (χ1v) is 3.02. The standard InChI is InChI=1S/C7H13N/c1-4-6-7(3)8-5-2/h2,7-8H,4,6H2,1,3H3. The third-order valence-electron chi connectivity index (χ3n) is 1.05. The van der Waals surface area contributed by atoms with Gasteiger partial charge in [0, 0.05) is 12.1 Å². The zero-order chi connectivity index (χ0) is 6.41. The molecule has 0 amide bonds. The molecule has 0 radical (unpaired) electrons. The van der Waals surface area contributed by atoms with Crippen molar-refractivity contribution >= 4 is 0 Å². The van der Waals surface area contributed by atoms with E-state index in [2.05, 4.69) is 25.2 Å². The predicted octanol–water partition coefficient (Wildman–Crippen LogP) is 1.36. The molecule has 0 aliphatic carbocycles. The first-order chi connectivity index (χ1) is 3.81. The summed E-state index contributed by atoms with van der Waals surface area (Å²) < 4.78 is 0. The molecule has 0 saturated heterocycles. The minimum atomic E-state index is 0.477. The first kappa shape index (κ1) is 7.36. The minimum absolute atomic E-state index is 0.477. The van der Waals surface area contributed by atoms with E-state index in [1.54, 1.807) is 0 Å². The second-order valence-corrected chi connectivity index (χ2v) is 1.98. The normalized spacial score (nSPS) is 12.1. The molecule has 0 aliphatic heterocycles. The number of terminal acetylenes is 1. The topological polar surface area (TPSA) is 12.0 Å². The summed E-state index contributed by atoms with van der Waals surface area (Å²) in [5, 5.41) is 2.87. The molecule has 0 spiro atoms. The summed E-state index contributed by atoms with van der Waals surface area (Å²) >= 11 is 0. The summed E-state index contributed by atoms with van der Waals surface area (Å²) in [5.41, 5.74) is 0. The van der Waals surface area contributed by atoms with Gasteiger partial charge in [0.05, 0.1) is 0 Å². The number of hydrogen-bond donors (Lipinski definition) is 1. The van der Waals surface area contributed by atoms with Gasteiger partial charge in [-0.05, 0) is 13.3 Å². The van der Waals surface area contributed by atoms with E-state index in [-0.39, 0.29) is 0 Å². The van der Waals surface area contributed by atoms with Crippen molar-refractivity contribution in [2.75, 3.05) is 0 Å². The molecule has 0 bridgehead atoms. The van der Waals surface area contributed by atoms with Crippen molar-refractivity contribution in [1.82, 2.24) is 5.32 Å². The molecule has 0 aromatic carbocycles. The second kappa shape index (κ2) is 4.52. The van der Waals surface area contributed by atoms with E-state index in [0.717, 1.165) is 6.42 Å². The maximum Gasteiger partial charge on any atom is 0.0312 e. The molecule has 0 saturated carbocycles. The molecule has 46 valence electrons. The molecule has 0 aromatic heterocycles. The Hall–Kier alpha value is -0.640. The van der Waals surface area contributed by atoms with Crippen LogP contribution in [0.15, 0.2) is 0 Å². The summed E-state index contributed by atoms with van der Waals surface area (Å²) in [6.45, 7) is 4.23. The Balaban J connectivity index is 3.08. The fraction of sp³-hybridized carbons (Fsp3) is 0.714. The predicted molar refractivity (Wildman–Crippen MR) is 36.3 cm³/mol. The zero-order valence-corrected chi connectivity index (χ0v) is 5.57. The van der Waals surface area contributed by atoms with E-state index in [0.29, 0.717) is 6.04 Å². The highest BCUT2D eigenvalue weighted by molar-refractivity contribution is 4.82. The Labute approximate surface area is 51.5 Å². The van der Waals surface area contributed by atoms with E-state index in [9.17, 15) is 0 Å². The van der Waals surface area contributed by atoms with Gasteiger partial charge >= 0.3 is 0 Å². The fourth-order valence-electron chi connectivity index (χ4n) is 0.647. The van der Waals surface area contributed by atoms with E-state index in [1.165, 1.54) is 6.42 Å². The van der Waals surface area contributed by atoms with Gasteiger partial charge in [0.2, 0.25) is 0 Å². The molecular weight excluding hydrogens is 98.1 g/mol. The summed E-state index contributed by atoms with van der Waals surface area (Å²) in [6.07, 6.45) is 7.35. The van der Waals surface area contributed by atoms with Crippen molar-refractivity contribution in [2.45, 2.75) is 32.7 Å². The third-order valence-corrected chi connectivity index (χ3v) is 1.05. The lowest BCUT2D eigenvalue weighted by Crippen LogP contribution is -2.19. The molecular formula is C7H13N. The van der Waals surface area contributed by atoms with Gasteiger partial charge in [0.25, 0.3) is 0 Å². The highest BCUT2D eigenvalue weighted by Crippen LogP contribution is 1.92. The minimum Gasteiger partial charge on any atom is -0.343 e. The van der Waals surface area contributed by atoms with Crippen molar-refractivity contribution in [3.05, 3.63) is 0 Å². The smallest absolute Gasteiger partial charge is 0.0312 e. The Kier molecular flexibility index (Phi) is 4.16. The number of hydrogen-bond acceptors (Lipinski definition) is 1. The van der Waals surface area contributed by atoms with Crippen LogP contribution in [-0.2, 0) is 0 Å². The molecule has 0 aliphatic rings. The van der Waals surface area contributed by atoms with Crippen molar-refractivity contribution in [3.8, 4) is 12.5 Å². The molecule has 1 atom stereocenters. The van der Waals surface area contributed by atoms with E-state index in [1.807, 2.05) is 0 Å². The molecule has 0 heterocycles. The average Bonchev–Trinajstić information content (AvgIpc) is 1.68. The molecule has 1 N–H and O–H groups in total. The van der Waals surface area contributed by atoms with Crippen LogP contribution in [0, 0.1) is 12.5 Å². The lowest BCUT2D eigenvalue weighted by molar-refractivity contribution is 0.589. The van der Waals surface area contributed by atoms with Crippen molar-refractivity contribution in [3.63, 3.8) is 0 Å². The monoisotopic (exact) mass is 111 g/mol. The highest BCUT2D eigenvalue weighted by Gasteiger charge is 1.92. The van der Waals surface area contributed by atoms with Crippen LogP contribution < -0.4 is 5.32 Å². The van der Waals surface area contributed by atoms with Crippen LogP contribution >= 0.6 is 0 Å².